The zero-order valence-electron chi connectivity index (χ0n) is 6.55. The molecule has 1 N–H and O–H groups in total. The maximum absolute atomic E-state index is 10.4. The van der Waals surface area contributed by atoms with Crippen LogP contribution in [0.15, 0.2) is 12.3 Å². The number of allylic oxidation sites excluding steroid dienone is 1. The summed E-state index contributed by atoms with van der Waals surface area (Å²) in [7, 11) is 0. The normalized spacial score (nSPS) is 9.31. The Kier molecular flexibility index (Phi) is 4.70. The summed E-state index contributed by atoms with van der Waals surface area (Å²) in [6, 6.07) is 0. The molecule has 0 bridgehead atoms. The maximum atomic E-state index is 10.4. The van der Waals surface area contributed by atoms with Crippen molar-refractivity contribution in [2.45, 2.75) is 6.92 Å². The van der Waals surface area contributed by atoms with Crippen LogP contribution in [0.3, 0.4) is 0 Å². The van der Waals surface area contributed by atoms with Crippen molar-refractivity contribution >= 4 is 18.5 Å². The fourth-order valence-corrected chi connectivity index (χ4v) is 0.308. The van der Waals surface area contributed by atoms with Crippen LogP contribution in [0.2, 0.25) is 0 Å². The van der Waals surface area contributed by atoms with Gasteiger partial charge < -0.3 is 19.3 Å². The number of ether oxygens (including phenoxy) is 3. The summed E-state index contributed by atoms with van der Waals surface area (Å²) in [6.45, 7) is 1.56. The first kappa shape index (κ1) is 11.0. The molecule has 0 aromatic rings. The number of carbonyl (C=O) groups excluding carboxylic acids is 2. The van der Waals surface area contributed by atoms with Gasteiger partial charge in [0.1, 0.15) is 0 Å². The van der Waals surface area contributed by atoms with Crippen molar-refractivity contribution < 1.29 is 33.7 Å². The van der Waals surface area contributed by atoms with E-state index in [1.165, 1.54) is 6.08 Å². The predicted octanol–water partition coefficient (Wildman–Crippen LogP) is 1.49. The van der Waals surface area contributed by atoms with Gasteiger partial charge in [-0.05, 0) is 6.92 Å². The van der Waals surface area contributed by atoms with E-state index < -0.39 is 18.5 Å². The summed E-state index contributed by atoms with van der Waals surface area (Å²) < 4.78 is 11.2. The lowest BCUT2D eigenvalue weighted by atomic mass is 10.7. The van der Waals surface area contributed by atoms with Crippen LogP contribution in [-0.2, 0) is 14.2 Å². The second-order valence-corrected chi connectivity index (χ2v) is 1.56. The highest BCUT2D eigenvalue weighted by Gasteiger charge is 2.15. The minimum atomic E-state index is -1.87. The van der Waals surface area contributed by atoms with Crippen LogP contribution in [0.4, 0.5) is 14.4 Å². The number of carbonyl (C=O) groups is 3. The SMILES string of the molecule is CC=COC(=O)OC(=O)OC(=O)O. The highest BCUT2D eigenvalue weighted by molar-refractivity contribution is 5.83. The van der Waals surface area contributed by atoms with Crippen LogP contribution in [0.25, 0.3) is 0 Å². The summed E-state index contributed by atoms with van der Waals surface area (Å²) in [5.74, 6) is 0. The summed E-state index contributed by atoms with van der Waals surface area (Å²) in [5, 5.41) is 7.88. The Morgan fingerprint density at radius 3 is 2.23 bits per heavy atom. The van der Waals surface area contributed by atoms with Gasteiger partial charge >= 0.3 is 18.5 Å². The lowest BCUT2D eigenvalue weighted by molar-refractivity contribution is 0.0523. The quantitative estimate of drug-likeness (QED) is 0.379. The van der Waals surface area contributed by atoms with Crippen molar-refractivity contribution in [3.05, 3.63) is 12.3 Å². The van der Waals surface area contributed by atoms with Crippen molar-refractivity contribution in [3.8, 4) is 0 Å². The fourth-order valence-electron chi connectivity index (χ4n) is 0.308. The first-order chi connectivity index (χ1) is 6.06. The molecule has 0 aromatic carbocycles. The van der Waals surface area contributed by atoms with Gasteiger partial charge in [-0.15, -0.1) is 0 Å². The van der Waals surface area contributed by atoms with E-state index in [4.69, 9.17) is 5.11 Å². The molecule has 0 aromatic heterocycles. The largest absolute Gasteiger partial charge is 0.528 e. The van der Waals surface area contributed by atoms with E-state index >= 15 is 0 Å². The smallest absolute Gasteiger partial charge is 0.449 e. The Hall–Kier alpha value is -2.05. The molecule has 0 aliphatic rings. The molecule has 0 fully saturated rings. The molecule has 72 valence electrons. The molecule has 0 saturated carbocycles. The van der Waals surface area contributed by atoms with Gasteiger partial charge in [0.15, 0.2) is 0 Å². The Labute approximate surface area is 72.5 Å². The second-order valence-electron chi connectivity index (χ2n) is 1.56. The molecule has 0 spiro atoms. The molecule has 0 saturated heterocycles. The summed E-state index contributed by atoms with van der Waals surface area (Å²) in [6.07, 6.45) is -2.59. The van der Waals surface area contributed by atoms with Crippen molar-refractivity contribution in [1.29, 1.82) is 0 Å². The van der Waals surface area contributed by atoms with Crippen molar-refractivity contribution in [2.24, 2.45) is 0 Å². The van der Waals surface area contributed by atoms with E-state index in [0.717, 1.165) is 6.26 Å². The predicted molar refractivity (Wildman–Crippen MR) is 36.9 cm³/mol. The van der Waals surface area contributed by atoms with E-state index in [1.54, 1.807) is 6.92 Å². The average molecular weight is 190 g/mol. The van der Waals surface area contributed by atoms with Gasteiger partial charge in [0.05, 0.1) is 6.26 Å². The van der Waals surface area contributed by atoms with Gasteiger partial charge in [-0.25, -0.2) is 14.4 Å². The fraction of sp³-hybridized carbons (Fsp3) is 0.167. The summed E-state index contributed by atoms with van der Waals surface area (Å²) in [5.41, 5.74) is 0. The number of rotatable bonds is 1. The number of carboxylic acid groups (broad SMARTS) is 1. The molecule has 7 heteroatoms. The third kappa shape index (κ3) is 6.35. The number of hydrogen-bond acceptors (Lipinski definition) is 6. The molecule has 0 atom stereocenters. The molecule has 7 nitrogen and oxygen atoms in total. The Morgan fingerprint density at radius 1 is 1.15 bits per heavy atom. The maximum Gasteiger partial charge on any atom is 0.528 e. The standard InChI is InChI=1S/C6H6O7/c1-2-3-11-5(9)13-6(10)12-4(7)8/h2-3H,1H3,(H,7,8). The molecule has 0 aliphatic heterocycles. The van der Waals surface area contributed by atoms with Crippen LogP contribution >= 0.6 is 0 Å². The molecule has 0 heterocycles. The third-order valence-corrected chi connectivity index (χ3v) is 0.638. The molecule has 0 radical (unpaired) electrons. The van der Waals surface area contributed by atoms with Gasteiger partial charge in [0.2, 0.25) is 0 Å². The Bertz CT molecular complexity index is 241. The molecule has 13 heavy (non-hydrogen) atoms. The van der Waals surface area contributed by atoms with Gasteiger partial charge in [-0.2, -0.15) is 0 Å². The first-order valence-corrected chi connectivity index (χ1v) is 3.00. The van der Waals surface area contributed by atoms with Crippen LogP contribution in [-0.4, -0.2) is 23.6 Å². The van der Waals surface area contributed by atoms with Crippen LogP contribution in [0.5, 0.6) is 0 Å². The summed E-state index contributed by atoms with van der Waals surface area (Å²) in [4.78, 5) is 30.4. The van der Waals surface area contributed by atoms with Crippen LogP contribution in [0, 0.1) is 0 Å². The third-order valence-electron chi connectivity index (χ3n) is 0.638. The molecule has 0 amide bonds. The molecular weight excluding hydrogens is 184 g/mol. The zero-order valence-corrected chi connectivity index (χ0v) is 6.55. The van der Waals surface area contributed by atoms with E-state index in [1.807, 2.05) is 0 Å². The minimum absolute atomic E-state index is 0.955. The van der Waals surface area contributed by atoms with Crippen molar-refractivity contribution in [1.82, 2.24) is 0 Å². The van der Waals surface area contributed by atoms with Gasteiger partial charge in [-0.3, -0.25) is 0 Å². The number of hydrogen-bond donors (Lipinski definition) is 1. The highest BCUT2D eigenvalue weighted by atomic mass is 16.8. The Morgan fingerprint density at radius 2 is 1.77 bits per heavy atom. The van der Waals surface area contributed by atoms with Gasteiger partial charge in [0.25, 0.3) is 0 Å². The molecule has 0 rings (SSSR count). The van der Waals surface area contributed by atoms with Gasteiger partial charge in [0, 0.05) is 0 Å². The molecular formula is C6H6O7. The second kappa shape index (κ2) is 5.58. The van der Waals surface area contributed by atoms with E-state index in [2.05, 4.69) is 14.2 Å². The van der Waals surface area contributed by atoms with Crippen molar-refractivity contribution in [2.75, 3.05) is 0 Å². The summed E-state index contributed by atoms with van der Waals surface area (Å²) >= 11 is 0. The lowest BCUT2D eigenvalue weighted by Crippen LogP contribution is -2.16. The van der Waals surface area contributed by atoms with Crippen LogP contribution in [0.1, 0.15) is 6.92 Å². The zero-order chi connectivity index (χ0) is 10.3. The first-order valence-electron chi connectivity index (χ1n) is 3.00. The average Bonchev–Trinajstić information content (AvgIpc) is 1.98. The van der Waals surface area contributed by atoms with E-state index in [-0.39, 0.29) is 0 Å². The Balaban J connectivity index is 3.78. The highest BCUT2D eigenvalue weighted by Crippen LogP contribution is 1.91. The monoisotopic (exact) mass is 190 g/mol. The van der Waals surface area contributed by atoms with Crippen molar-refractivity contribution in [3.63, 3.8) is 0 Å². The lowest BCUT2D eigenvalue weighted by Gasteiger charge is -1.97. The van der Waals surface area contributed by atoms with Crippen LogP contribution < -0.4 is 0 Å². The molecule has 0 aliphatic carbocycles. The van der Waals surface area contributed by atoms with E-state index in [9.17, 15) is 14.4 Å². The minimum Gasteiger partial charge on any atom is -0.449 e. The van der Waals surface area contributed by atoms with Gasteiger partial charge in [-0.1, -0.05) is 6.08 Å². The topological polar surface area (TPSA) is 99.1 Å². The molecule has 0 unspecified atom stereocenters. The van der Waals surface area contributed by atoms with E-state index in [0.29, 0.717) is 0 Å².